The SMILES string of the molecule is Cc1c2c(c(CC(C)(C)C)c3ccc(CC(C)C)cc13)Sc1cc3ccc([Si](C)(C)C)cc3c3cc[n+](C)c-2c13. The molecule has 1 aromatic heterocycles. The minimum atomic E-state index is -1.43. The van der Waals surface area contributed by atoms with Crippen LogP contribution in [-0.4, -0.2) is 8.07 Å². The van der Waals surface area contributed by atoms with E-state index in [-0.39, 0.29) is 5.41 Å². The second-order valence-electron chi connectivity index (χ2n) is 14.7. The lowest BCUT2D eigenvalue weighted by Gasteiger charge is -2.28. The van der Waals surface area contributed by atoms with Crippen LogP contribution in [-0.2, 0) is 19.9 Å². The molecule has 0 bridgehead atoms. The minimum Gasteiger partial charge on any atom is -0.200 e. The number of fused-ring (bicyclic) bond motifs is 5. The first kappa shape index (κ1) is 27.5. The van der Waals surface area contributed by atoms with Gasteiger partial charge in [-0.15, -0.1) is 0 Å². The van der Waals surface area contributed by atoms with E-state index in [4.69, 9.17) is 0 Å². The van der Waals surface area contributed by atoms with Gasteiger partial charge in [-0.1, -0.05) is 108 Å². The van der Waals surface area contributed by atoms with E-state index in [1.54, 1.807) is 0 Å². The van der Waals surface area contributed by atoms with Crippen molar-refractivity contribution in [2.75, 3.05) is 0 Å². The maximum Gasteiger partial charge on any atom is 0.222 e. The summed E-state index contributed by atoms with van der Waals surface area (Å²) in [5.74, 6) is 0.646. The van der Waals surface area contributed by atoms with Gasteiger partial charge in [0.25, 0.3) is 0 Å². The quantitative estimate of drug-likeness (QED) is 0.117. The molecule has 4 aromatic carbocycles. The lowest BCUT2D eigenvalue weighted by Crippen LogP contribution is -2.37. The Labute approximate surface area is 246 Å². The highest BCUT2D eigenvalue weighted by molar-refractivity contribution is 8.00. The van der Waals surface area contributed by atoms with Crippen molar-refractivity contribution in [3.63, 3.8) is 0 Å². The van der Waals surface area contributed by atoms with E-state index in [0.29, 0.717) is 5.92 Å². The minimum absolute atomic E-state index is 0.193. The topological polar surface area (TPSA) is 3.88 Å². The van der Waals surface area contributed by atoms with E-state index in [1.807, 2.05) is 11.8 Å². The molecule has 0 N–H and O–H groups in total. The molecule has 0 amide bonds. The van der Waals surface area contributed by atoms with E-state index in [1.165, 1.54) is 75.2 Å². The number of benzene rings is 4. The van der Waals surface area contributed by atoms with Crippen molar-refractivity contribution in [2.24, 2.45) is 18.4 Å². The van der Waals surface area contributed by atoms with Crippen LogP contribution in [0.1, 0.15) is 51.3 Å². The van der Waals surface area contributed by atoms with Gasteiger partial charge >= 0.3 is 0 Å². The third kappa shape index (κ3) is 4.60. The molecule has 5 aromatic rings. The molecule has 206 valence electrons. The van der Waals surface area contributed by atoms with Gasteiger partial charge in [0.1, 0.15) is 7.05 Å². The van der Waals surface area contributed by atoms with E-state index in [2.05, 4.69) is 128 Å². The second-order valence-corrected chi connectivity index (χ2v) is 20.9. The summed E-state index contributed by atoms with van der Waals surface area (Å²) >= 11 is 2.01. The fraction of sp³-hybridized carbons (Fsp3) is 0.378. The number of nitrogens with zero attached hydrogens (tertiary/aromatic N) is 1. The molecule has 0 saturated heterocycles. The van der Waals surface area contributed by atoms with Crippen molar-refractivity contribution in [1.82, 2.24) is 0 Å². The van der Waals surface area contributed by atoms with Crippen LogP contribution in [0.4, 0.5) is 0 Å². The molecule has 0 aliphatic carbocycles. The van der Waals surface area contributed by atoms with Crippen LogP contribution >= 0.6 is 11.8 Å². The van der Waals surface area contributed by atoms with Gasteiger partial charge in [0, 0.05) is 21.2 Å². The van der Waals surface area contributed by atoms with Gasteiger partial charge in [0.2, 0.25) is 5.69 Å². The van der Waals surface area contributed by atoms with Gasteiger partial charge in [-0.2, -0.15) is 0 Å². The Morgan fingerprint density at radius 3 is 2.30 bits per heavy atom. The van der Waals surface area contributed by atoms with Crippen molar-refractivity contribution >= 4 is 57.3 Å². The highest BCUT2D eigenvalue weighted by atomic mass is 32.2. The summed E-state index contributed by atoms with van der Waals surface area (Å²) in [4.78, 5) is 2.86. The van der Waals surface area contributed by atoms with E-state index in [9.17, 15) is 0 Å². The molecule has 1 aliphatic heterocycles. The summed E-state index contributed by atoms with van der Waals surface area (Å²) in [6, 6.07) is 19.4. The highest BCUT2D eigenvalue weighted by Crippen LogP contribution is 2.53. The largest absolute Gasteiger partial charge is 0.222 e. The predicted octanol–water partition coefficient (Wildman–Crippen LogP) is 9.74. The number of pyridine rings is 1. The molecule has 1 aliphatic rings. The first-order valence-electron chi connectivity index (χ1n) is 14.9. The van der Waals surface area contributed by atoms with Crippen LogP contribution in [0, 0.1) is 18.3 Å². The summed E-state index contributed by atoms with van der Waals surface area (Å²) in [5.41, 5.74) is 7.40. The summed E-state index contributed by atoms with van der Waals surface area (Å²) < 4.78 is 2.39. The molecule has 0 saturated carbocycles. The van der Waals surface area contributed by atoms with Crippen LogP contribution in [0.25, 0.3) is 43.6 Å². The lowest BCUT2D eigenvalue weighted by atomic mass is 9.82. The first-order chi connectivity index (χ1) is 18.7. The fourth-order valence-corrected chi connectivity index (χ4v) is 9.19. The Balaban J connectivity index is 1.74. The predicted molar refractivity (Wildman–Crippen MR) is 179 cm³/mol. The molecular formula is C37H44NSSi+. The number of aromatic nitrogens is 1. The molecule has 1 nitrogen and oxygen atoms in total. The number of hydrogen-bond acceptors (Lipinski definition) is 1. The summed E-state index contributed by atoms with van der Waals surface area (Å²) in [6.07, 6.45) is 4.47. The Hall–Kier alpha value is -2.62. The second kappa shape index (κ2) is 9.46. The zero-order valence-corrected chi connectivity index (χ0v) is 27.9. The average molecular weight is 563 g/mol. The molecule has 0 unspecified atom stereocenters. The smallest absolute Gasteiger partial charge is 0.200 e. The Morgan fingerprint density at radius 1 is 0.875 bits per heavy atom. The van der Waals surface area contributed by atoms with Gasteiger partial charge in [0.05, 0.1) is 19.0 Å². The van der Waals surface area contributed by atoms with E-state index < -0.39 is 8.07 Å². The maximum atomic E-state index is 2.50. The zero-order chi connectivity index (χ0) is 28.7. The summed E-state index contributed by atoms with van der Waals surface area (Å²) in [7, 11) is 0.814. The van der Waals surface area contributed by atoms with Gasteiger partial charge in [-0.3, -0.25) is 0 Å². The van der Waals surface area contributed by atoms with Gasteiger partial charge in [-0.25, -0.2) is 4.57 Å². The third-order valence-electron chi connectivity index (χ3n) is 8.56. The number of rotatable bonds is 4. The first-order valence-corrected chi connectivity index (χ1v) is 19.2. The zero-order valence-electron chi connectivity index (χ0n) is 26.0. The van der Waals surface area contributed by atoms with Crippen molar-refractivity contribution < 1.29 is 4.57 Å². The Kier molecular flexibility index (Phi) is 6.51. The average Bonchev–Trinajstić information content (AvgIpc) is 2.85. The molecule has 2 heterocycles. The van der Waals surface area contributed by atoms with Crippen molar-refractivity contribution in [2.45, 2.75) is 83.8 Å². The van der Waals surface area contributed by atoms with Crippen LogP contribution < -0.4 is 9.75 Å². The van der Waals surface area contributed by atoms with Crippen molar-refractivity contribution in [3.05, 3.63) is 71.4 Å². The molecule has 6 rings (SSSR count). The van der Waals surface area contributed by atoms with Gasteiger partial charge in [-0.05, 0) is 75.4 Å². The number of hydrogen-bond donors (Lipinski definition) is 0. The molecule has 0 fully saturated rings. The van der Waals surface area contributed by atoms with Crippen LogP contribution in [0.5, 0.6) is 0 Å². The van der Waals surface area contributed by atoms with Crippen molar-refractivity contribution in [1.29, 1.82) is 0 Å². The van der Waals surface area contributed by atoms with E-state index in [0.717, 1.165) is 12.8 Å². The Morgan fingerprint density at radius 2 is 1.62 bits per heavy atom. The normalized spacial score (nSPS) is 13.6. The summed E-state index contributed by atoms with van der Waals surface area (Å²) in [6.45, 7) is 21.5. The number of aryl methyl sites for hydroxylation is 2. The fourth-order valence-electron chi connectivity index (χ4n) is 6.65. The van der Waals surface area contributed by atoms with Crippen LogP contribution in [0.3, 0.4) is 0 Å². The monoisotopic (exact) mass is 562 g/mol. The third-order valence-corrected chi connectivity index (χ3v) is 11.8. The molecule has 0 radical (unpaired) electrons. The lowest BCUT2D eigenvalue weighted by molar-refractivity contribution is -0.659. The maximum absolute atomic E-state index is 2.50. The molecule has 3 heteroatoms. The van der Waals surface area contributed by atoms with E-state index >= 15 is 0 Å². The molecule has 0 spiro atoms. The molecule has 0 atom stereocenters. The highest BCUT2D eigenvalue weighted by Gasteiger charge is 2.33. The Bertz CT molecular complexity index is 1830. The van der Waals surface area contributed by atoms with Crippen LogP contribution in [0.15, 0.2) is 64.5 Å². The molecular weight excluding hydrogens is 519 g/mol. The van der Waals surface area contributed by atoms with Crippen LogP contribution in [0.2, 0.25) is 19.6 Å². The van der Waals surface area contributed by atoms with Gasteiger partial charge < -0.3 is 0 Å². The summed E-state index contributed by atoms with van der Waals surface area (Å²) in [5, 5.41) is 9.96. The van der Waals surface area contributed by atoms with Crippen molar-refractivity contribution in [3.8, 4) is 11.3 Å². The molecule has 40 heavy (non-hydrogen) atoms. The standard InChI is InChI=1S/C37H44NSSi/c1-22(2)17-24-11-14-27-29(18-24)23(3)33-35-34-28(15-16-38(35)7)30-20-26(40(8,9)10)13-12-25(30)19-32(34)39-36(33)31(27)21-37(4,5)6/h11-16,18-20,22H,17,21H2,1-10H3/q+1. The van der Waals surface area contributed by atoms with Gasteiger partial charge in [0.15, 0.2) is 6.20 Å².